The Labute approximate surface area is 147 Å². The van der Waals surface area contributed by atoms with E-state index in [-0.39, 0.29) is 23.4 Å². The molecule has 0 aromatic heterocycles. The number of benzene rings is 1. The van der Waals surface area contributed by atoms with Gasteiger partial charge in [0.15, 0.2) is 6.61 Å². The standard InChI is InChI=1S/C17H22N2O5S/c20-16(12-24-17(21)13-5-3-6-13)18-14-7-4-8-15(11-14)25(22,23)19-9-1-2-10-19/h4,7-8,11,13H,1-3,5-6,9-10,12H2,(H,18,20). The summed E-state index contributed by atoms with van der Waals surface area (Å²) in [5, 5.41) is 2.58. The monoisotopic (exact) mass is 366 g/mol. The minimum atomic E-state index is -3.53. The van der Waals surface area contributed by atoms with Gasteiger partial charge >= 0.3 is 5.97 Å². The first-order chi connectivity index (χ1) is 12.0. The van der Waals surface area contributed by atoms with Crippen LogP contribution in [0.25, 0.3) is 0 Å². The first-order valence-corrected chi connectivity index (χ1v) is 9.97. The van der Waals surface area contributed by atoms with E-state index in [1.807, 2.05) is 0 Å². The average molecular weight is 366 g/mol. The zero-order valence-corrected chi connectivity index (χ0v) is 14.8. The van der Waals surface area contributed by atoms with E-state index in [1.54, 1.807) is 12.1 Å². The van der Waals surface area contributed by atoms with Crippen molar-refractivity contribution in [1.29, 1.82) is 0 Å². The van der Waals surface area contributed by atoms with Gasteiger partial charge in [-0.05, 0) is 43.9 Å². The molecule has 1 saturated heterocycles. The van der Waals surface area contributed by atoms with Crippen LogP contribution in [-0.4, -0.2) is 44.3 Å². The van der Waals surface area contributed by atoms with E-state index in [2.05, 4.69) is 5.32 Å². The molecule has 1 aliphatic carbocycles. The van der Waals surface area contributed by atoms with Crippen LogP contribution in [0.3, 0.4) is 0 Å². The zero-order valence-electron chi connectivity index (χ0n) is 13.9. The molecule has 0 spiro atoms. The molecule has 0 radical (unpaired) electrons. The summed E-state index contributed by atoms with van der Waals surface area (Å²) in [6.45, 7) is 0.685. The zero-order chi connectivity index (χ0) is 17.9. The largest absolute Gasteiger partial charge is 0.455 e. The van der Waals surface area contributed by atoms with Crippen LogP contribution in [0, 0.1) is 5.92 Å². The van der Waals surface area contributed by atoms with Crippen LogP contribution in [0.2, 0.25) is 0 Å². The third-order valence-corrected chi connectivity index (χ3v) is 6.50. The first kappa shape index (κ1) is 17.9. The molecule has 1 aromatic carbocycles. The third kappa shape index (κ3) is 4.19. The van der Waals surface area contributed by atoms with Crippen LogP contribution in [0.5, 0.6) is 0 Å². The maximum Gasteiger partial charge on any atom is 0.309 e. The minimum Gasteiger partial charge on any atom is -0.455 e. The van der Waals surface area contributed by atoms with E-state index in [4.69, 9.17) is 4.74 Å². The third-order valence-electron chi connectivity index (χ3n) is 4.60. The highest BCUT2D eigenvalue weighted by Crippen LogP contribution is 2.27. The number of amides is 1. The van der Waals surface area contributed by atoms with E-state index >= 15 is 0 Å². The van der Waals surface area contributed by atoms with E-state index in [0.29, 0.717) is 18.8 Å². The maximum absolute atomic E-state index is 12.5. The molecule has 1 N–H and O–H groups in total. The number of carbonyl (C=O) groups is 2. The average Bonchev–Trinajstić information content (AvgIpc) is 3.07. The van der Waals surface area contributed by atoms with E-state index in [0.717, 1.165) is 32.1 Å². The second kappa shape index (κ2) is 7.53. The van der Waals surface area contributed by atoms with Gasteiger partial charge in [-0.2, -0.15) is 4.31 Å². The number of anilines is 1. The summed E-state index contributed by atoms with van der Waals surface area (Å²) in [6.07, 6.45) is 4.38. The molecule has 1 aromatic rings. The Balaban J connectivity index is 1.59. The highest BCUT2D eigenvalue weighted by Gasteiger charge is 2.28. The van der Waals surface area contributed by atoms with Crippen LogP contribution in [0.15, 0.2) is 29.2 Å². The fourth-order valence-corrected chi connectivity index (χ4v) is 4.47. The van der Waals surface area contributed by atoms with Crippen LogP contribution < -0.4 is 5.32 Å². The molecule has 0 unspecified atom stereocenters. The molecular weight excluding hydrogens is 344 g/mol. The second-order valence-corrected chi connectivity index (χ2v) is 8.36. The first-order valence-electron chi connectivity index (χ1n) is 8.53. The van der Waals surface area contributed by atoms with Crippen molar-refractivity contribution in [3.8, 4) is 0 Å². The molecular formula is C17H22N2O5S. The van der Waals surface area contributed by atoms with Crippen molar-refractivity contribution in [3.63, 3.8) is 0 Å². The molecule has 1 saturated carbocycles. The van der Waals surface area contributed by atoms with Crippen molar-refractivity contribution in [2.75, 3.05) is 25.0 Å². The lowest BCUT2D eigenvalue weighted by atomic mass is 9.86. The number of ether oxygens (including phenoxy) is 1. The molecule has 1 aliphatic heterocycles. The van der Waals surface area contributed by atoms with Crippen molar-refractivity contribution < 1.29 is 22.7 Å². The normalized spacial score (nSPS) is 18.6. The second-order valence-electron chi connectivity index (χ2n) is 6.42. The highest BCUT2D eigenvalue weighted by atomic mass is 32.2. The van der Waals surface area contributed by atoms with E-state index in [9.17, 15) is 18.0 Å². The molecule has 0 atom stereocenters. The lowest BCUT2D eigenvalue weighted by molar-refractivity contribution is -0.154. The number of rotatable bonds is 6. The minimum absolute atomic E-state index is 0.0817. The summed E-state index contributed by atoms with van der Waals surface area (Å²) < 4.78 is 31.5. The van der Waals surface area contributed by atoms with Crippen molar-refractivity contribution in [1.82, 2.24) is 4.31 Å². The summed E-state index contributed by atoms with van der Waals surface area (Å²) in [5.41, 5.74) is 0.366. The number of hydrogen-bond donors (Lipinski definition) is 1. The predicted octanol–water partition coefficient (Wildman–Crippen LogP) is 1.75. The Kier molecular flexibility index (Phi) is 5.39. The molecule has 3 rings (SSSR count). The number of sulfonamides is 1. The van der Waals surface area contributed by atoms with E-state index in [1.165, 1.54) is 16.4 Å². The highest BCUT2D eigenvalue weighted by molar-refractivity contribution is 7.89. The number of carbonyl (C=O) groups excluding carboxylic acids is 2. The topological polar surface area (TPSA) is 92.8 Å². The Hall–Kier alpha value is -1.93. The molecule has 8 heteroatoms. The number of nitrogens with one attached hydrogen (secondary N) is 1. The number of nitrogens with zero attached hydrogens (tertiary/aromatic N) is 1. The maximum atomic E-state index is 12.5. The van der Waals surface area contributed by atoms with Crippen LogP contribution in [-0.2, 0) is 24.3 Å². The molecule has 136 valence electrons. The Bertz CT molecular complexity index is 752. The van der Waals surface area contributed by atoms with Gasteiger partial charge in [-0.15, -0.1) is 0 Å². The summed E-state index contributed by atoms with van der Waals surface area (Å²) in [6, 6.07) is 6.13. The van der Waals surface area contributed by atoms with Crippen molar-refractivity contribution >= 4 is 27.6 Å². The van der Waals surface area contributed by atoms with Gasteiger partial charge in [-0.3, -0.25) is 9.59 Å². The fraction of sp³-hybridized carbons (Fsp3) is 0.529. The van der Waals surface area contributed by atoms with Gasteiger partial charge in [-0.1, -0.05) is 12.5 Å². The SMILES string of the molecule is O=C(COC(=O)C1CCC1)Nc1cccc(S(=O)(=O)N2CCCC2)c1. The molecule has 1 amide bonds. The lowest BCUT2D eigenvalue weighted by Gasteiger charge is -2.22. The summed E-state index contributed by atoms with van der Waals surface area (Å²) >= 11 is 0. The van der Waals surface area contributed by atoms with Gasteiger partial charge in [0, 0.05) is 18.8 Å². The van der Waals surface area contributed by atoms with Gasteiger partial charge in [0.1, 0.15) is 0 Å². The van der Waals surface area contributed by atoms with Gasteiger partial charge in [-0.25, -0.2) is 8.42 Å². The fourth-order valence-electron chi connectivity index (χ4n) is 2.91. The number of hydrogen-bond acceptors (Lipinski definition) is 5. The molecule has 0 bridgehead atoms. The van der Waals surface area contributed by atoms with Crippen molar-refractivity contribution in [2.24, 2.45) is 5.92 Å². The molecule has 2 fully saturated rings. The van der Waals surface area contributed by atoms with Gasteiger partial charge < -0.3 is 10.1 Å². The van der Waals surface area contributed by atoms with Crippen LogP contribution >= 0.6 is 0 Å². The van der Waals surface area contributed by atoms with Gasteiger partial charge in [0.25, 0.3) is 5.91 Å². The predicted molar refractivity (Wildman–Crippen MR) is 91.4 cm³/mol. The quantitative estimate of drug-likeness (QED) is 0.775. The summed E-state index contributed by atoms with van der Waals surface area (Å²) in [7, 11) is -3.53. The van der Waals surface area contributed by atoms with Crippen molar-refractivity contribution in [3.05, 3.63) is 24.3 Å². The summed E-state index contributed by atoms with van der Waals surface area (Å²) in [5.74, 6) is -0.906. The molecule has 1 heterocycles. The van der Waals surface area contributed by atoms with Crippen LogP contribution in [0.1, 0.15) is 32.1 Å². The lowest BCUT2D eigenvalue weighted by Crippen LogP contribution is -2.29. The van der Waals surface area contributed by atoms with Crippen molar-refractivity contribution in [2.45, 2.75) is 37.0 Å². The molecule has 7 nitrogen and oxygen atoms in total. The van der Waals surface area contributed by atoms with Crippen LogP contribution in [0.4, 0.5) is 5.69 Å². The molecule has 25 heavy (non-hydrogen) atoms. The molecule has 2 aliphatic rings. The Morgan fingerprint density at radius 3 is 2.52 bits per heavy atom. The van der Waals surface area contributed by atoms with Gasteiger partial charge in [0.2, 0.25) is 10.0 Å². The van der Waals surface area contributed by atoms with Gasteiger partial charge in [0.05, 0.1) is 10.8 Å². The van der Waals surface area contributed by atoms with E-state index < -0.39 is 15.9 Å². The smallest absolute Gasteiger partial charge is 0.309 e. The Morgan fingerprint density at radius 1 is 1.16 bits per heavy atom. The number of esters is 1. The summed E-state index contributed by atoms with van der Waals surface area (Å²) in [4.78, 5) is 23.7. The Morgan fingerprint density at radius 2 is 1.88 bits per heavy atom.